The molecule has 0 spiro atoms. The predicted octanol–water partition coefficient (Wildman–Crippen LogP) is 2.86. The van der Waals surface area contributed by atoms with Crippen LogP contribution in [0.25, 0.3) is 0 Å². The van der Waals surface area contributed by atoms with Crippen molar-refractivity contribution < 1.29 is 23.1 Å². The van der Waals surface area contributed by atoms with Crippen molar-refractivity contribution in [3.63, 3.8) is 0 Å². The van der Waals surface area contributed by atoms with Gasteiger partial charge in [-0.2, -0.15) is 18.4 Å². The molecule has 0 saturated heterocycles. The van der Waals surface area contributed by atoms with Crippen LogP contribution in [0.4, 0.5) is 13.2 Å². The summed E-state index contributed by atoms with van der Waals surface area (Å²) >= 11 is 5.40. The van der Waals surface area contributed by atoms with Crippen molar-refractivity contribution in [1.29, 1.82) is 5.26 Å². The second kappa shape index (κ2) is 4.63. The summed E-state index contributed by atoms with van der Waals surface area (Å²) in [6.45, 7) is 0. The van der Waals surface area contributed by atoms with Crippen molar-refractivity contribution in [2.24, 2.45) is 0 Å². The van der Waals surface area contributed by atoms with E-state index in [4.69, 9.17) is 22.0 Å². The van der Waals surface area contributed by atoms with Crippen LogP contribution in [0.2, 0.25) is 5.02 Å². The Hall–Kier alpha value is -1.74. The number of aliphatic carboxylic acids is 1. The van der Waals surface area contributed by atoms with Crippen LogP contribution in [0.5, 0.6) is 0 Å². The molecule has 3 nitrogen and oxygen atoms in total. The first-order valence-electron chi connectivity index (χ1n) is 4.27. The van der Waals surface area contributed by atoms with Gasteiger partial charge in [-0.05, 0) is 17.7 Å². The molecular formula is C10H5ClF3NO2. The number of rotatable bonds is 2. The molecule has 0 bridgehead atoms. The van der Waals surface area contributed by atoms with Gasteiger partial charge in [0.05, 0.1) is 28.6 Å². The highest BCUT2D eigenvalue weighted by Gasteiger charge is 2.34. The van der Waals surface area contributed by atoms with Crippen molar-refractivity contribution in [2.45, 2.75) is 12.6 Å². The molecule has 7 heteroatoms. The lowest BCUT2D eigenvalue weighted by Gasteiger charge is -2.11. The van der Waals surface area contributed by atoms with E-state index in [1.54, 1.807) is 0 Å². The second-order valence-electron chi connectivity index (χ2n) is 3.17. The molecule has 0 radical (unpaired) electrons. The third kappa shape index (κ3) is 3.11. The van der Waals surface area contributed by atoms with Crippen LogP contribution in [0.15, 0.2) is 12.1 Å². The third-order valence-electron chi connectivity index (χ3n) is 1.96. The molecule has 0 heterocycles. The fraction of sp³-hybridized carbons (Fsp3) is 0.200. The van der Waals surface area contributed by atoms with E-state index in [2.05, 4.69) is 0 Å². The minimum absolute atomic E-state index is 0.0435. The van der Waals surface area contributed by atoms with Gasteiger partial charge in [0.25, 0.3) is 0 Å². The fourth-order valence-electron chi connectivity index (χ4n) is 1.24. The molecule has 1 aromatic carbocycles. The van der Waals surface area contributed by atoms with Gasteiger partial charge in [0.15, 0.2) is 0 Å². The molecule has 0 aromatic heterocycles. The molecule has 1 rings (SSSR count). The third-order valence-corrected chi connectivity index (χ3v) is 2.27. The Labute approximate surface area is 99.0 Å². The number of hydrogen-bond donors (Lipinski definition) is 1. The Morgan fingerprint density at radius 3 is 2.47 bits per heavy atom. The molecule has 0 aliphatic carbocycles. The molecule has 0 saturated carbocycles. The summed E-state index contributed by atoms with van der Waals surface area (Å²) in [5, 5.41) is 16.6. The molecule has 0 atom stereocenters. The summed E-state index contributed by atoms with van der Waals surface area (Å²) < 4.78 is 37.3. The molecule has 0 aliphatic rings. The average Bonchev–Trinajstić information content (AvgIpc) is 2.14. The first-order chi connectivity index (χ1) is 7.75. The topological polar surface area (TPSA) is 61.1 Å². The molecular weight excluding hydrogens is 259 g/mol. The van der Waals surface area contributed by atoms with Crippen LogP contribution < -0.4 is 0 Å². The molecule has 0 unspecified atom stereocenters. The zero-order valence-corrected chi connectivity index (χ0v) is 8.93. The van der Waals surface area contributed by atoms with Gasteiger partial charge in [0, 0.05) is 0 Å². The van der Waals surface area contributed by atoms with Crippen LogP contribution in [0, 0.1) is 11.3 Å². The maximum Gasteiger partial charge on any atom is 0.417 e. The highest BCUT2D eigenvalue weighted by molar-refractivity contribution is 6.31. The number of carboxylic acids is 1. The molecule has 1 N–H and O–H groups in total. The van der Waals surface area contributed by atoms with E-state index in [1.807, 2.05) is 0 Å². The van der Waals surface area contributed by atoms with Crippen molar-refractivity contribution in [3.05, 3.63) is 33.8 Å². The van der Waals surface area contributed by atoms with Crippen LogP contribution in [-0.2, 0) is 17.4 Å². The van der Waals surface area contributed by atoms with Crippen molar-refractivity contribution >= 4 is 17.6 Å². The van der Waals surface area contributed by atoms with Gasteiger partial charge in [-0.3, -0.25) is 4.79 Å². The summed E-state index contributed by atoms with van der Waals surface area (Å²) in [6.07, 6.45) is -5.23. The molecule has 0 fully saturated rings. The van der Waals surface area contributed by atoms with Gasteiger partial charge in [-0.15, -0.1) is 0 Å². The average molecular weight is 264 g/mol. The molecule has 1 aromatic rings. The lowest BCUT2D eigenvalue weighted by Crippen LogP contribution is -2.09. The fourth-order valence-corrected chi connectivity index (χ4v) is 1.54. The second-order valence-corrected chi connectivity index (χ2v) is 3.58. The predicted molar refractivity (Wildman–Crippen MR) is 52.5 cm³/mol. The highest BCUT2D eigenvalue weighted by atomic mass is 35.5. The number of benzene rings is 1. The monoisotopic (exact) mass is 263 g/mol. The Bertz CT molecular complexity index is 505. The normalized spacial score (nSPS) is 11.0. The minimum Gasteiger partial charge on any atom is -0.481 e. The van der Waals surface area contributed by atoms with Gasteiger partial charge in [-0.25, -0.2) is 0 Å². The van der Waals surface area contributed by atoms with E-state index in [9.17, 15) is 18.0 Å². The minimum atomic E-state index is -4.68. The zero-order valence-electron chi connectivity index (χ0n) is 8.18. The molecule has 0 aliphatic heterocycles. The van der Waals surface area contributed by atoms with E-state index in [-0.39, 0.29) is 11.1 Å². The number of nitriles is 1. The van der Waals surface area contributed by atoms with Gasteiger partial charge < -0.3 is 5.11 Å². The first kappa shape index (κ1) is 13.3. The maximum absolute atomic E-state index is 12.4. The number of nitrogens with zero attached hydrogens (tertiary/aromatic N) is 1. The van der Waals surface area contributed by atoms with Crippen LogP contribution in [-0.4, -0.2) is 11.1 Å². The standard InChI is InChI=1S/C10H5ClF3NO2/c11-8-2-5(3-9(16)17)6(4-15)1-7(8)10(12,13)14/h1-2H,3H2,(H,16,17). The summed E-state index contributed by atoms with van der Waals surface area (Å²) in [6, 6.07) is 2.93. The molecule has 17 heavy (non-hydrogen) atoms. The SMILES string of the molecule is N#Cc1cc(C(F)(F)F)c(Cl)cc1CC(=O)O. The largest absolute Gasteiger partial charge is 0.481 e. The highest BCUT2D eigenvalue weighted by Crippen LogP contribution is 2.36. The summed E-state index contributed by atoms with van der Waals surface area (Å²) in [7, 11) is 0. The van der Waals surface area contributed by atoms with Crippen LogP contribution in [0.1, 0.15) is 16.7 Å². The van der Waals surface area contributed by atoms with Gasteiger partial charge >= 0.3 is 12.1 Å². The van der Waals surface area contributed by atoms with Crippen molar-refractivity contribution in [3.8, 4) is 6.07 Å². The lowest BCUT2D eigenvalue weighted by molar-refractivity contribution is -0.137. The summed E-state index contributed by atoms with van der Waals surface area (Å²) in [4.78, 5) is 10.5. The van der Waals surface area contributed by atoms with E-state index in [0.717, 1.165) is 6.07 Å². The van der Waals surface area contributed by atoms with Crippen LogP contribution in [0.3, 0.4) is 0 Å². The number of halogens is 4. The van der Waals surface area contributed by atoms with E-state index < -0.39 is 29.2 Å². The van der Waals surface area contributed by atoms with Crippen LogP contribution >= 0.6 is 11.6 Å². The summed E-state index contributed by atoms with van der Waals surface area (Å²) in [5.74, 6) is -1.25. The number of alkyl halides is 3. The lowest BCUT2D eigenvalue weighted by atomic mass is 10.0. The van der Waals surface area contributed by atoms with Gasteiger partial charge in [-0.1, -0.05) is 11.6 Å². The molecule has 0 amide bonds. The molecule has 90 valence electrons. The van der Waals surface area contributed by atoms with Crippen molar-refractivity contribution in [2.75, 3.05) is 0 Å². The van der Waals surface area contributed by atoms with Gasteiger partial charge in [0.2, 0.25) is 0 Å². The number of carbonyl (C=O) groups is 1. The smallest absolute Gasteiger partial charge is 0.417 e. The Morgan fingerprint density at radius 2 is 2.06 bits per heavy atom. The van der Waals surface area contributed by atoms with E-state index in [1.165, 1.54) is 6.07 Å². The van der Waals surface area contributed by atoms with Gasteiger partial charge in [0.1, 0.15) is 0 Å². The van der Waals surface area contributed by atoms with E-state index >= 15 is 0 Å². The van der Waals surface area contributed by atoms with Crippen molar-refractivity contribution in [1.82, 2.24) is 0 Å². The zero-order chi connectivity index (χ0) is 13.2. The van der Waals surface area contributed by atoms with E-state index in [0.29, 0.717) is 6.07 Å². The quantitative estimate of drug-likeness (QED) is 0.892. The first-order valence-corrected chi connectivity index (χ1v) is 4.65. The number of carboxylic acid groups (broad SMARTS) is 1. The summed E-state index contributed by atoms with van der Waals surface area (Å²) in [5.41, 5.74) is -1.54. The number of hydrogen-bond acceptors (Lipinski definition) is 2. The Morgan fingerprint density at radius 1 is 1.47 bits per heavy atom. The Balaban J connectivity index is 3.36. The maximum atomic E-state index is 12.4. The Kier molecular flexibility index (Phi) is 3.63.